The van der Waals surface area contributed by atoms with Crippen LogP contribution in [-0.4, -0.2) is 38.9 Å². The summed E-state index contributed by atoms with van der Waals surface area (Å²) in [6, 6.07) is 5.37. The minimum absolute atomic E-state index is 0.269. The fourth-order valence-corrected chi connectivity index (χ4v) is 1.46. The Labute approximate surface area is 106 Å². The molecule has 100 valence electrons. The van der Waals surface area contributed by atoms with Gasteiger partial charge in [-0.25, -0.2) is 4.39 Å². The number of carbonyl (C=O) groups is 1. The molecular weight excluding hydrogens is 237 g/mol. The molecule has 1 N–H and O–H groups in total. The summed E-state index contributed by atoms with van der Waals surface area (Å²) in [6.45, 7) is 2.52. The summed E-state index contributed by atoms with van der Waals surface area (Å²) >= 11 is 0. The Bertz CT molecular complexity index is 394. The molecule has 0 aromatic heterocycles. The Hall–Kier alpha value is -1.46. The Balaban J connectivity index is 2.57. The summed E-state index contributed by atoms with van der Waals surface area (Å²) in [5.41, 5.74) is -0.169. The van der Waals surface area contributed by atoms with Crippen molar-refractivity contribution in [2.75, 3.05) is 27.4 Å². The summed E-state index contributed by atoms with van der Waals surface area (Å²) in [5.74, 6) is -0.637. The zero-order valence-electron chi connectivity index (χ0n) is 10.8. The maximum Gasteiger partial charge on any atom is 0.251 e. The van der Waals surface area contributed by atoms with Gasteiger partial charge in [-0.2, -0.15) is 0 Å². The first kappa shape index (κ1) is 14.6. The number of methoxy groups -OCH3 is 2. The van der Waals surface area contributed by atoms with E-state index in [0.717, 1.165) is 0 Å². The third-order valence-corrected chi connectivity index (χ3v) is 2.67. The van der Waals surface area contributed by atoms with Crippen molar-refractivity contribution in [2.45, 2.75) is 12.5 Å². The molecule has 18 heavy (non-hydrogen) atoms. The van der Waals surface area contributed by atoms with Crippen molar-refractivity contribution in [3.05, 3.63) is 35.6 Å². The summed E-state index contributed by atoms with van der Waals surface area (Å²) in [4.78, 5) is 11.8. The second-order valence-electron chi connectivity index (χ2n) is 4.28. The van der Waals surface area contributed by atoms with Crippen LogP contribution in [0.2, 0.25) is 0 Å². The summed E-state index contributed by atoms with van der Waals surface area (Å²) < 4.78 is 23.0. The lowest BCUT2D eigenvalue weighted by atomic mass is 10.1. The minimum Gasteiger partial charge on any atom is -0.382 e. The van der Waals surface area contributed by atoms with Crippen molar-refractivity contribution in [1.29, 1.82) is 0 Å². The molecule has 0 aliphatic rings. The van der Waals surface area contributed by atoms with Gasteiger partial charge in [-0.05, 0) is 31.2 Å². The van der Waals surface area contributed by atoms with Gasteiger partial charge in [0, 0.05) is 26.3 Å². The molecule has 0 radical (unpaired) electrons. The first-order valence-corrected chi connectivity index (χ1v) is 5.58. The number of amides is 1. The lowest BCUT2D eigenvalue weighted by Crippen LogP contribution is -2.45. The highest BCUT2D eigenvalue weighted by Crippen LogP contribution is 2.09. The molecule has 1 atom stereocenters. The lowest BCUT2D eigenvalue weighted by Gasteiger charge is -2.27. The van der Waals surface area contributed by atoms with E-state index >= 15 is 0 Å². The molecule has 4 nitrogen and oxygen atoms in total. The van der Waals surface area contributed by atoms with Gasteiger partial charge < -0.3 is 14.8 Å². The predicted molar refractivity (Wildman–Crippen MR) is 66.0 cm³/mol. The Morgan fingerprint density at radius 1 is 1.33 bits per heavy atom. The predicted octanol–water partition coefficient (Wildman–Crippen LogP) is 1.61. The number of hydrogen-bond donors (Lipinski definition) is 1. The maximum atomic E-state index is 12.7. The Morgan fingerprint density at radius 2 is 1.94 bits per heavy atom. The highest BCUT2D eigenvalue weighted by molar-refractivity contribution is 5.94. The average Bonchev–Trinajstić information content (AvgIpc) is 2.37. The van der Waals surface area contributed by atoms with E-state index < -0.39 is 5.60 Å². The SMILES string of the molecule is COCC(C)(CNC(=O)c1ccc(F)cc1)OC. The maximum absolute atomic E-state index is 12.7. The fourth-order valence-electron chi connectivity index (χ4n) is 1.46. The minimum atomic E-state index is -0.579. The second kappa shape index (κ2) is 6.47. The van der Waals surface area contributed by atoms with E-state index in [1.54, 1.807) is 14.2 Å². The standard InChI is InChI=1S/C13H18FNO3/c1-13(18-3,9-17-2)8-15-12(16)10-4-6-11(14)7-5-10/h4-7H,8-9H2,1-3H3,(H,15,16). The van der Waals surface area contributed by atoms with Crippen LogP contribution in [-0.2, 0) is 9.47 Å². The van der Waals surface area contributed by atoms with Crippen molar-refractivity contribution < 1.29 is 18.7 Å². The number of ether oxygens (including phenoxy) is 2. The van der Waals surface area contributed by atoms with Crippen LogP contribution < -0.4 is 5.32 Å². The largest absolute Gasteiger partial charge is 0.382 e. The van der Waals surface area contributed by atoms with E-state index in [1.807, 2.05) is 6.92 Å². The number of nitrogens with one attached hydrogen (secondary N) is 1. The molecule has 0 bridgehead atoms. The van der Waals surface area contributed by atoms with Crippen LogP contribution in [0.3, 0.4) is 0 Å². The topological polar surface area (TPSA) is 47.6 Å². The molecule has 0 heterocycles. The van der Waals surface area contributed by atoms with Gasteiger partial charge in [-0.15, -0.1) is 0 Å². The van der Waals surface area contributed by atoms with E-state index in [9.17, 15) is 9.18 Å². The number of halogens is 1. The molecule has 0 fully saturated rings. The van der Waals surface area contributed by atoms with Gasteiger partial charge >= 0.3 is 0 Å². The highest BCUT2D eigenvalue weighted by Gasteiger charge is 2.24. The molecule has 0 saturated carbocycles. The van der Waals surface area contributed by atoms with Gasteiger partial charge in [-0.3, -0.25) is 4.79 Å². The summed E-state index contributed by atoms with van der Waals surface area (Å²) in [7, 11) is 3.13. The monoisotopic (exact) mass is 255 g/mol. The van der Waals surface area contributed by atoms with E-state index in [1.165, 1.54) is 24.3 Å². The van der Waals surface area contributed by atoms with E-state index in [-0.39, 0.29) is 11.7 Å². The Kier molecular flexibility index (Phi) is 5.25. The number of benzene rings is 1. The van der Waals surface area contributed by atoms with E-state index in [0.29, 0.717) is 18.7 Å². The van der Waals surface area contributed by atoms with Crippen LogP contribution in [0.4, 0.5) is 4.39 Å². The van der Waals surface area contributed by atoms with Gasteiger partial charge in [0.15, 0.2) is 0 Å². The van der Waals surface area contributed by atoms with Gasteiger partial charge in [0.2, 0.25) is 0 Å². The second-order valence-corrected chi connectivity index (χ2v) is 4.28. The highest BCUT2D eigenvalue weighted by atomic mass is 19.1. The molecule has 1 amide bonds. The molecular formula is C13H18FNO3. The van der Waals surface area contributed by atoms with Gasteiger partial charge in [0.1, 0.15) is 11.4 Å². The van der Waals surface area contributed by atoms with Crippen molar-refractivity contribution >= 4 is 5.91 Å². The van der Waals surface area contributed by atoms with Crippen molar-refractivity contribution in [1.82, 2.24) is 5.32 Å². The van der Waals surface area contributed by atoms with Crippen LogP contribution >= 0.6 is 0 Å². The molecule has 0 spiro atoms. The third kappa shape index (κ3) is 4.09. The van der Waals surface area contributed by atoms with Crippen LogP contribution in [0.5, 0.6) is 0 Å². The quantitative estimate of drug-likeness (QED) is 0.840. The number of hydrogen-bond acceptors (Lipinski definition) is 3. The van der Waals surface area contributed by atoms with Crippen molar-refractivity contribution in [2.24, 2.45) is 0 Å². The fraction of sp³-hybridized carbons (Fsp3) is 0.462. The molecule has 0 aliphatic heterocycles. The van der Waals surface area contributed by atoms with Crippen LogP contribution in [0, 0.1) is 5.82 Å². The molecule has 1 aromatic carbocycles. The molecule has 1 rings (SSSR count). The number of rotatable bonds is 6. The zero-order chi connectivity index (χ0) is 13.6. The van der Waals surface area contributed by atoms with Crippen LogP contribution in [0.15, 0.2) is 24.3 Å². The normalized spacial score (nSPS) is 14.0. The lowest BCUT2D eigenvalue weighted by molar-refractivity contribution is -0.0479. The zero-order valence-corrected chi connectivity index (χ0v) is 10.8. The molecule has 5 heteroatoms. The molecule has 1 unspecified atom stereocenters. The summed E-state index contributed by atoms with van der Waals surface area (Å²) in [6.07, 6.45) is 0. The van der Waals surface area contributed by atoms with Gasteiger partial charge in [0.25, 0.3) is 5.91 Å². The first-order valence-electron chi connectivity index (χ1n) is 5.58. The average molecular weight is 255 g/mol. The molecule has 1 aromatic rings. The van der Waals surface area contributed by atoms with Gasteiger partial charge in [-0.1, -0.05) is 0 Å². The van der Waals surface area contributed by atoms with Gasteiger partial charge in [0.05, 0.1) is 6.61 Å². The Morgan fingerprint density at radius 3 is 2.44 bits per heavy atom. The van der Waals surface area contributed by atoms with Crippen LogP contribution in [0.1, 0.15) is 17.3 Å². The number of carbonyl (C=O) groups excluding carboxylic acids is 1. The smallest absolute Gasteiger partial charge is 0.251 e. The van der Waals surface area contributed by atoms with E-state index in [4.69, 9.17) is 9.47 Å². The van der Waals surface area contributed by atoms with Crippen molar-refractivity contribution in [3.63, 3.8) is 0 Å². The van der Waals surface area contributed by atoms with Crippen molar-refractivity contribution in [3.8, 4) is 0 Å². The summed E-state index contributed by atoms with van der Waals surface area (Å²) in [5, 5.41) is 2.73. The van der Waals surface area contributed by atoms with Crippen LogP contribution in [0.25, 0.3) is 0 Å². The first-order chi connectivity index (χ1) is 8.50. The molecule has 0 aliphatic carbocycles. The van der Waals surface area contributed by atoms with E-state index in [2.05, 4.69) is 5.32 Å². The molecule has 0 saturated heterocycles. The third-order valence-electron chi connectivity index (χ3n) is 2.67.